The lowest BCUT2D eigenvalue weighted by Crippen LogP contribution is -2.55. The number of carbonyl (C=O) groups is 2. The molecule has 1 fully saturated rings. The molecule has 0 radical (unpaired) electrons. The van der Waals surface area contributed by atoms with Gasteiger partial charge in [-0.05, 0) is 19.1 Å². The summed E-state index contributed by atoms with van der Waals surface area (Å²) in [5, 5.41) is 6.13. The van der Waals surface area contributed by atoms with Crippen molar-refractivity contribution in [1.82, 2.24) is 15.4 Å². The first-order chi connectivity index (χ1) is 11.5. The molecule has 0 bridgehead atoms. The predicted octanol–water partition coefficient (Wildman–Crippen LogP) is 1.65. The zero-order valence-electron chi connectivity index (χ0n) is 12.9. The van der Waals surface area contributed by atoms with E-state index in [0.29, 0.717) is 5.76 Å². The second-order valence-corrected chi connectivity index (χ2v) is 5.65. The molecule has 1 aliphatic heterocycles. The first-order valence-electron chi connectivity index (χ1n) is 7.39. The molecule has 1 saturated heterocycles. The van der Waals surface area contributed by atoms with Crippen LogP contribution < -0.4 is 5.32 Å². The maximum absolute atomic E-state index is 13.5. The number of aryl methyl sites for hydroxylation is 1. The van der Waals surface area contributed by atoms with Gasteiger partial charge in [-0.1, -0.05) is 11.2 Å². The van der Waals surface area contributed by atoms with E-state index in [0.717, 1.165) is 12.1 Å². The van der Waals surface area contributed by atoms with Crippen molar-refractivity contribution in [2.75, 3.05) is 13.1 Å². The van der Waals surface area contributed by atoms with Gasteiger partial charge in [-0.3, -0.25) is 9.59 Å². The van der Waals surface area contributed by atoms with E-state index in [1.807, 2.05) is 0 Å². The number of likely N-dealkylation sites (tertiary alicyclic amines) is 1. The maximum Gasteiger partial charge on any atom is 0.276 e. The molecule has 8 heteroatoms. The lowest BCUT2D eigenvalue weighted by atomic mass is 9.98. The van der Waals surface area contributed by atoms with E-state index >= 15 is 0 Å². The van der Waals surface area contributed by atoms with Crippen LogP contribution in [0.1, 0.15) is 21.8 Å². The van der Waals surface area contributed by atoms with E-state index in [1.54, 1.807) is 6.92 Å². The van der Waals surface area contributed by atoms with E-state index in [1.165, 1.54) is 17.0 Å². The summed E-state index contributed by atoms with van der Waals surface area (Å²) in [6.45, 7) is 1.91. The second kappa shape index (κ2) is 6.38. The molecule has 6 nitrogen and oxygen atoms in total. The highest BCUT2D eigenvalue weighted by atomic mass is 19.1. The van der Waals surface area contributed by atoms with Crippen molar-refractivity contribution < 1.29 is 22.9 Å². The van der Waals surface area contributed by atoms with E-state index in [2.05, 4.69) is 10.5 Å². The largest absolute Gasteiger partial charge is 0.361 e. The molecule has 24 heavy (non-hydrogen) atoms. The first kappa shape index (κ1) is 16.1. The predicted molar refractivity (Wildman–Crippen MR) is 78.8 cm³/mol. The molecule has 1 aromatic heterocycles. The lowest BCUT2D eigenvalue weighted by molar-refractivity contribution is -0.129. The lowest BCUT2D eigenvalue weighted by Gasteiger charge is -2.37. The van der Waals surface area contributed by atoms with Crippen LogP contribution in [0.2, 0.25) is 0 Å². The highest BCUT2D eigenvalue weighted by Gasteiger charge is 2.37. The van der Waals surface area contributed by atoms with Crippen LogP contribution in [0.3, 0.4) is 0 Å². The highest BCUT2D eigenvalue weighted by molar-refractivity contribution is 5.94. The van der Waals surface area contributed by atoms with Crippen molar-refractivity contribution in [3.05, 3.63) is 52.9 Å². The van der Waals surface area contributed by atoms with Crippen LogP contribution in [0.4, 0.5) is 8.78 Å². The Bertz CT molecular complexity index is 764. The van der Waals surface area contributed by atoms with Gasteiger partial charge in [0.2, 0.25) is 5.91 Å². The molecule has 0 saturated carbocycles. The minimum atomic E-state index is -0.706. The molecule has 2 amide bonds. The summed E-state index contributed by atoms with van der Waals surface area (Å²) in [6, 6.07) is 5.05. The Kier molecular flexibility index (Phi) is 4.28. The van der Waals surface area contributed by atoms with Crippen LogP contribution >= 0.6 is 0 Å². The fourth-order valence-electron chi connectivity index (χ4n) is 2.46. The Morgan fingerprint density at radius 1 is 1.33 bits per heavy atom. The number of nitrogens with one attached hydrogen (secondary N) is 1. The summed E-state index contributed by atoms with van der Waals surface area (Å²) < 4.78 is 31.8. The zero-order chi connectivity index (χ0) is 17.3. The van der Waals surface area contributed by atoms with Gasteiger partial charge in [0.15, 0.2) is 5.69 Å². The van der Waals surface area contributed by atoms with Crippen molar-refractivity contribution in [3.63, 3.8) is 0 Å². The zero-order valence-corrected chi connectivity index (χ0v) is 12.9. The average molecular weight is 335 g/mol. The molecule has 3 rings (SSSR count). The molecule has 1 aromatic carbocycles. The van der Waals surface area contributed by atoms with E-state index in [4.69, 9.17) is 4.52 Å². The normalized spacial score (nSPS) is 14.4. The van der Waals surface area contributed by atoms with Crippen LogP contribution in [0, 0.1) is 24.5 Å². The van der Waals surface area contributed by atoms with Crippen molar-refractivity contribution in [2.24, 2.45) is 5.92 Å². The van der Waals surface area contributed by atoms with E-state index < -0.39 is 17.6 Å². The minimum Gasteiger partial charge on any atom is -0.361 e. The minimum absolute atomic E-state index is 0.184. The van der Waals surface area contributed by atoms with Crippen molar-refractivity contribution in [1.29, 1.82) is 0 Å². The van der Waals surface area contributed by atoms with Crippen LogP contribution in [0.5, 0.6) is 0 Å². The fraction of sp³-hybridized carbons (Fsp3) is 0.312. The molecule has 1 N–H and O–H groups in total. The molecular formula is C16H15F2N3O3. The average Bonchev–Trinajstić information content (AvgIpc) is 2.91. The summed E-state index contributed by atoms with van der Waals surface area (Å²) in [6.07, 6.45) is 0. The Hall–Kier alpha value is -2.77. The molecule has 126 valence electrons. The van der Waals surface area contributed by atoms with Crippen LogP contribution in [0.15, 0.2) is 28.8 Å². The third kappa shape index (κ3) is 3.12. The molecular weight excluding hydrogens is 320 g/mol. The quantitative estimate of drug-likeness (QED) is 0.922. The van der Waals surface area contributed by atoms with Gasteiger partial charge in [0.25, 0.3) is 5.91 Å². The second-order valence-electron chi connectivity index (χ2n) is 5.65. The third-order valence-electron chi connectivity index (χ3n) is 3.89. The molecule has 0 unspecified atom stereocenters. The summed E-state index contributed by atoms with van der Waals surface area (Å²) in [5.74, 6) is -1.95. The number of hydrogen-bond donors (Lipinski definition) is 1. The van der Waals surface area contributed by atoms with Crippen molar-refractivity contribution in [3.8, 4) is 0 Å². The summed E-state index contributed by atoms with van der Waals surface area (Å²) >= 11 is 0. The molecule has 1 aliphatic rings. The number of halogens is 2. The van der Waals surface area contributed by atoms with Crippen LogP contribution in [-0.4, -0.2) is 35.0 Å². The number of rotatable bonds is 4. The number of carbonyl (C=O) groups excluding carboxylic acids is 2. The topological polar surface area (TPSA) is 75.4 Å². The Balaban J connectivity index is 1.51. The van der Waals surface area contributed by atoms with Crippen molar-refractivity contribution in [2.45, 2.75) is 13.5 Å². The number of aromatic nitrogens is 1. The van der Waals surface area contributed by atoms with Gasteiger partial charge in [0.1, 0.15) is 17.4 Å². The Morgan fingerprint density at radius 2 is 2.00 bits per heavy atom. The van der Waals surface area contributed by atoms with Gasteiger partial charge < -0.3 is 14.7 Å². The van der Waals surface area contributed by atoms with Crippen LogP contribution in [-0.2, 0) is 11.3 Å². The molecule has 0 atom stereocenters. The monoisotopic (exact) mass is 335 g/mol. The summed E-state index contributed by atoms with van der Waals surface area (Å²) in [4.78, 5) is 25.5. The Labute approximate surface area is 136 Å². The number of amides is 2. The smallest absolute Gasteiger partial charge is 0.276 e. The molecule has 2 aromatic rings. The van der Waals surface area contributed by atoms with Gasteiger partial charge in [-0.15, -0.1) is 0 Å². The van der Waals surface area contributed by atoms with Gasteiger partial charge in [0.05, 0.1) is 5.92 Å². The van der Waals surface area contributed by atoms with Gasteiger partial charge in [0, 0.05) is 31.3 Å². The maximum atomic E-state index is 13.5. The number of benzene rings is 1. The standard InChI is InChI=1S/C16H15F2N3O3/c1-9-5-14(20-24-9)16(23)21-7-10(8-21)15(22)19-6-11-12(17)3-2-4-13(11)18/h2-5,10H,6-8H2,1H3,(H,19,22). The SMILES string of the molecule is Cc1cc(C(=O)N2CC(C(=O)NCc3c(F)cccc3F)C2)no1. The molecule has 0 spiro atoms. The van der Waals surface area contributed by atoms with E-state index in [9.17, 15) is 18.4 Å². The van der Waals surface area contributed by atoms with Crippen molar-refractivity contribution >= 4 is 11.8 Å². The summed E-state index contributed by atoms with van der Waals surface area (Å²) in [7, 11) is 0. The third-order valence-corrected chi connectivity index (χ3v) is 3.89. The van der Waals surface area contributed by atoms with Gasteiger partial charge in [-0.25, -0.2) is 8.78 Å². The first-order valence-corrected chi connectivity index (χ1v) is 7.39. The molecule has 0 aliphatic carbocycles. The highest BCUT2D eigenvalue weighted by Crippen LogP contribution is 2.19. The van der Waals surface area contributed by atoms with E-state index in [-0.39, 0.29) is 42.7 Å². The fourth-order valence-corrected chi connectivity index (χ4v) is 2.46. The Morgan fingerprint density at radius 3 is 2.58 bits per heavy atom. The number of hydrogen-bond acceptors (Lipinski definition) is 4. The van der Waals surface area contributed by atoms with Gasteiger partial charge in [-0.2, -0.15) is 0 Å². The summed E-state index contributed by atoms with van der Waals surface area (Å²) in [5.41, 5.74) is 0.0102. The number of nitrogens with zero attached hydrogens (tertiary/aromatic N) is 2. The van der Waals surface area contributed by atoms with Crippen LogP contribution in [0.25, 0.3) is 0 Å². The molecule has 2 heterocycles. The van der Waals surface area contributed by atoms with Gasteiger partial charge >= 0.3 is 0 Å².